The van der Waals surface area contributed by atoms with E-state index >= 15 is 0 Å². The van der Waals surface area contributed by atoms with Crippen LogP contribution in [-0.4, -0.2) is 16.6 Å². The molecule has 0 bridgehead atoms. The van der Waals surface area contributed by atoms with Gasteiger partial charge in [0.25, 0.3) is 5.69 Å². The molecule has 0 heterocycles. The summed E-state index contributed by atoms with van der Waals surface area (Å²) in [5.74, 6) is 0. The van der Waals surface area contributed by atoms with Gasteiger partial charge in [-0.15, -0.1) is 0 Å². The van der Waals surface area contributed by atoms with Crippen LogP contribution in [0.2, 0.25) is 5.02 Å². The Hall–Kier alpha value is -2.90. The van der Waals surface area contributed by atoms with Crippen LogP contribution in [0, 0.1) is 10.1 Å². The summed E-state index contributed by atoms with van der Waals surface area (Å²) >= 11 is 6.04. The van der Waals surface area contributed by atoms with Gasteiger partial charge in [0.2, 0.25) is 0 Å². The Morgan fingerprint density at radius 2 is 1.61 bits per heavy atom. The summed E-state index contributed by atoms with van der Waals surface area (Å²) in [7, 11) is -3.50. The molecule has 0 fully saturated rings. The molecule has 162 valence electrons. The minimum atomic E-state index is -3.50. The van der Waals surface area contributed by atoms with Crippen molar-refractivity contribution in [2.24, 2.45) is 0 Å². The Morgan fingerprint density at radius 1 is 1.00 bits per heavy atom. The fourth-order valence-electron chi connectivity index (χ4n) is 2.85. The number of nitro benzene ring substituents is 1. The Morgan fingerprint density at radius 3 is 2.23 bits per heavy atom. The van der Waals surface area contributed by atoms with Crippen molar-refractivity contribution in [2.75, 3.05) is 16.7 Å². The van der Waals surface area contributed by atoms with E-state index in [4.69, 9.17) is 11.6 Å². The highest BCUT2D eigenvalue weighted by atomic mass is 35.5. The molecule has 2 atom stereocenters. The maximum absolute atomic E-state index is 13.7. The van der Waals surface area contributed by atoms with Gasteiger partial charge < -0.3 is 15.3 Å². The minimum absolute atomic E-state index is 0.0773. The maximum Gasteiger partial charge on any atom is 0.328 e. The molecule has 3 aromatic carbocycles. The monoisotopic (exact) mass is 460 g/mol. The molecule has 31 heavy (non-hydrogen) atoms. The van der Waals surface area contributed by atoms with Crippen LogP contribution in [0.5, 0.6) is 0 Å². The third kappa shape index (κ3) is 6.29. The average Bonchev–Trinajstić information content (AvgIpc) is 2.73. The third-order valence-electron chi connectivity index (χ3n) is 4.52. The van der Waals surface area contributed by atoms with Crippen LogP contribution < -0.4 is 15.3 Å². The van der Waals surface area contributed by atoms with Gasteiger partial charge in [-0.3, -0.25) is 14.7 Å². The van der Waals surface area contributed by atoms with Crippen LogP contribution in [0.1, 0.15) is 12.5 Å². The predicted molar refractivity (Wildman–Crippen MR) is 123 cm³/mol. The number of hydrogen-bond donors (Lipinski definition) is 4. The number of anilines is 2. The normalized spacial score (nSPS) is 14.8. The van der Waals surface area contributed by atoms with E-state index in [-0.39, 0.29) is 12.2 Å². The molecule has 0 aliphatic heterocycles. The second-order valence-corrected chi connectivity index (χ2v) is 9.54. The molecular weight excluding hydrogens is 439 g/mol. The molecule has 0 spiro atoms. The van der Waals surface area contributed by atoms with E-state index in [9.17, 15) is 19.8 Å². The van der Waals surface area contributed by atoms with Crippen molar-refractivity contribution in [3.8, 4) is 0 Å². The molecule has 10 heteroatoms. The fraction of sp³-hybridized carbons (Fsp3) is 0.143. The molecule has 0 amide bonds. The lowest BCUT2D eigenvalue weighted by Crippen LogP contribution is -2.36. The van der Waals surface area contributed by atoms with Crippen molar-refractivity contribution in [1.82, 2.24) is 5.09 Å². The number of rotatable bonds is 9. The van der Waals surface area contributed by atoms with Crippen molar-refractivity contribution < 1.29 is 14.6 Å². The Bertz CT molecular complexity index is 1090. The highest BCUT2D eigenvalue weighted by Gasteiger charge is 2.30. The zero-order chi connectivity index (χ0) is 22.5. The molecule has 4 N–H and O–H groups in total. The van der Waals surface area contributed by atoms with Crippen LogP contribution in [-0.2, 0) is 10.2 Å². The molecule has 3 aromatic rings. The lowest BCUT2D eigenvalue weighted by Gasteiger charge is -2.29. The van der Waals surface area contributed by atoms with E-state index in [0.717, 1.165) is 0 Å². The van der Waals surface area contributed by atoms with E-state index in [2.05, 4.69) is 15.3 Å². The molecule has 0 aliphatic carbocycles. The number of para-hydroxylation sites is 1. The number of nitrogens with one attached hydrogen (secondary N) is 3. The molecule has 2 unspecified atom stereocenters. The van der Waals surface area contributed by atoms with Gasteiger partial charge in [-0.05, 0) is 55.0 Å². The smallest absolute Gasteiger partial charge is 0.328 e. The first-order valence-electron chi connectivity index (χ1n) is 9.37. The van der Waals surface area contributed by atoms with E-state index in [1.165, 1.54) is 31.2 Å². The summed E-state index contributed by atoms with van der Waals surface area (Å²) in [6.07, 6.45) is 0. The summed E-state index contributed by atoms with van der Waals surface area (Å²) < 4.78 is 13.7. The van der Waals surface area contributed by atoms with Gasteiger partial charge in [-0.2, -0.15) is 0 Å². The van der Waals surface area contributed by atoms with Crippen molar-refractivity contribution in [3.63, 3.8) is 0 Å². The number of nitro groups is 1. The number of hydrogen-bond acceptors (Lipinski definition) is 4. The molecule has 3 rings (SSSR count). The molecule has 0 radical (unpaired) electrons. The molecule has 0 saturated heterocycles. The third-order valence-corrected chi connectivity index (χ3v) is 6.50. The first kappa shape index (κ1) is 22.8. The average molecular weight is 461 g/mol. The Labute approximate surface area is 184 Å². The van der Waals surface area contributed by atoms with Crippen molar-refractivity contribution in [2.45, 2.75) is 12.5 Å². The highest BCUT2D eigenvalue weighted by molar-refractivity contribution is 7.64. The van der Waals surface area contributed by atoms with Gasteiger partial charge in [0, 0.05) is 35.1 Å². The predicted octanol–water partition coefficient (Wildman–Crippen LogP) is 5.38. The number of benzene rings is 3. The first-order chi connectivity index (χ1) is 14.7. The Balaban J connectivity index is 1.81. The largest absolute Gasteiger partial charge is 0.384 e. The van der Waals surface area contributed by atoms with Crippen molar-refractivity contribution in [1.29, 1.82) is 0 Å². The zero-order valence-corrected chi connectivity index (χ0v) is 18.3. The van der Waals surface area contributed by atoms with Crippen LogP contribution in [0.4, 0.5) is 17.1 Å². The van der Waals surface area contributed by atoms with E-state index < -0.39 is 18.1 Å². The van der Waals surface area contributed by atoms with Gasteiger partial charge in [-0.1, -0.05) is 35.9 Å². The molecule has 0 saturated carbocycles. The SMILES string of the molecule is CC(O)(CNP(=O)(Nc1ccccc1)Nc1cccc(Cl)c1)c1ccc([N+](=O)[O-])cc1. The second kappa shape index (κ2) is 9.49. The number of non-ortho nitro benzene ring substituents is 1. The summed E-state index contributed by atoms with van der Waals surface area (Å²) in [4.78, 5) is 10.3. The van der Waals surface area contributed by atoms with Crippen molar-refractivity contribution >= 4 is 36.3 Å². The lowest BCUT2D eigenvalue weighted by molar-refractivity contribution is -0.384. The number of halogens is 1. The minimum Gasteiger partial charge on any atom is -0.384 e. The summed E-state index contributed by atoms with van der Waals surface area (Å²) in [5, 5.41) is 31.1. The number of aliphatic hydroxyl groups is 1. The topological polar surface area (TPSA) is 117 Å². The first-order valence-corrected chi connectivity index (χ1v) is 11.5. The standard InChI is InChI=1S/C21H22ClN4O4P/c1-21(27,16-10-12-20(13-11-16)26(28)29)15-23-31(30,24-18-7-3-2-4-8-18)25-19-9-5-6-17(22)14-19/h2-14,27H,15H2,1H3,(H3,23,24,25,30). The van der Waals surface area contributed by atoms with Crippen LogP contribution in [0.15, 0.2) is 78.9 Å². The van der Waals surface area contributed by atoms with Crippen LogP contribution in [0.3, 0.4) is 0 Å². The quantitative estimate of drug-likeness (QED) is 0.192. The van der Waals surface area contributed by atoms with E-state index in [1.54, 1.807) is 48.5 Å². The second-order valence-electron chi connectivity index (χ2n) is 7.12. The van der Waals surface area contributed by atoms with Gasteiger partial charge >= 0.3 is 7.59 Å². The van der Waals surface area contributed by atoms with Gasteiger partial charge in [-0.25, -0.2) is 5.09 Å². The summed E-state index contributed by atoms with van der Waals surface area (Å²) in [5.41, 5.74) is 0.0647. The van der Waals surface area contributed by atoms with E-state index in [1.807, 2.05) is 6.07 Å². The molecular formula is C21H22ClN4O4P. The van der Waals surface area contributed by atoms with Crippen molar-refractivity contribution in [3.05, 3.63) is 99.6 Å². The van der Waals surface area contributed by atoms with Gasteiger partial charge in [0.05, 0.1) is 10.5 Å². The fourth-order valence-corrected chi connectivity index (χ4v) is 4.80. The Kier molecular flexibility index (Phi) is 6.97. The van der Waals surface area contributed by atoms with Gasteiger partial charge in [0.1, 0.15) is 0 Å². The van der Waals surface area contributed by atoms with Gasteiger partial charge in [0.15, 0.2) is 0 Å². The maximum atomic E-state index is 13.7. The summed E-state index contributed by atoms with van der Waals surface area (Å²) in [6, 6.07) is 21.3. The number of nitrogens with zero attached hydrogens (tertiary/aromatic N) is 1. The molecule has 0 aliphatic rings. The molecule has 0 aromatic heterocycles. The van der Waals surface area contributed by atoms with Crippen LogP contribution in [0.25, 0.3) is 0 Å². The van der Waals surface area contributed by atoms with E-state index in [0.29, 0.717) is 22.0 Å². The molecule has 8 nitrogen and oxygen atoms in total. The zero-order valence-electron chi connectivity index (χ0n) is 16.7. The van der Waals surface area contributed by atoms with Crippen LogP contribution >= 0.6 is 19.2 Å². The summed E-state index contributed by atoms with van der Waals surface area (Å²) in [6.45, 7) is 1.43. The lowest BCUT2D eigenvalue weighted by atomic mass is 9.96. The highest BCUT2D eigenvalue weighted by Crippen LogP contribution is 2.42.